The molecule has 2 aromatic carbocycles. The van der Waals surface area contributed by atoms with Crippen LogP contribution >= 0.6 is 11.6 Å². The predicted molar refractivity (Wildman–Crippen MR) is 110 cm³/mol. The van der Waals surface area contributed by atoms with Gasteiger partial charge in [-0.3, -0.25) is 19.7 Å². The van der Waals surface area contributed by atoms with E-state index in [1.807, 2.05) is 18.2 Å². The second-order valence-electron chi connectivity index (χ2n) is 7.44. The Hall–Kier alpha value is -3.45. The molecular formula is C22H16ClN3O4. The number of imide groups is 1. The van der Waals surface area contributed by atoms with Crippen molar-refractivity contribution < 1.29 is 19.5 Å². The largest absolute Gasteiger partial charge is 0.493 e. The van der Waals surface area contributed by atoms with Gasteiger partial charge in [-0.2, -0.15) is 0 Å². The van der Waals surface area contributed by atoms with Crippen molar-refractivity contribution in [1.29, 1.82) is 0 Å². The first kappa shape index (κ1) is 18.6. The highest BCUT2D eigenvalue weighted by Crippen LogP contribution is 2.36. The standard InChI is InChI=1S/C22H16ClN3O4/c23-16-3-1-2-14-15(16)9-19(28)24-20(14)11-4-5-13-12(8-11)10-26(22(13)30)17-6-7-18(27)25-21(17)29/h1-5,8-9,17H,6-7,10H2,(H,24,28)(H,25,27,29). The summed E-state index contributed by atoms with van der Waals surface area (Å²) in [6.45, 7) is 0.270. The van der Waals surface area contributed by atoms with E-state index in [2.05, 4.69) is 10.3 Å². The number of amides is 3. The first-order chi connectivity index (χ1) is 14.4. The van der Waals surface area contributed by atoms with Gasteiger partial charge in [0.15, 0.2) is 0 Å². The quantitative estimate of drug-likeness (QED) is 0.619. The molecule has 3 heterocycles. The van der Waals surface area contributed by atoms with Gasteiger partial charge in [-0.15, -0.1) is 0 Å². The van der Waals surface area contributed by atoms with Gasteiger partial charge in [0.25, 0.3) is 5.91 Å². The van der Waals surface area contributed by atoms with E-state index in [-0.39, 0.29) is 30.7 Å². The Kier molecular flexibility index (Phi) is 4.22. The lowest BCUT2D eigenvalue weighted by atomic mass is 10.00. The van der Waals surface area contributed by atoms with Crippen molar-refractivity contribution in [3.8, 4) is 17.1 Å². The summed E-state index contributed by atoms with van der Waals surface area (Å²) in [5, 5.41) is 14.4. The van der Waals surface area contributed by atoms with Gasteiger partial charge >= 0.3 is 0 Å². The van der Waals surface area contributed by atoms with Crippen LogP contribution < -0.4 is 5.32 Å². The smallest absolute Gasteiger partial charge is 0.255 e. The van der Waals surface area contributed by atoms with Gasteiger partial charge in [0.1, 0.15) is 6.04 Å². The third-order valence-corrected chi connectivity index (χ3v) is 5.93. The lowest BCUT2D eigenvalue weighted by molar-refractivity contribution is -0.136. The van der Waals surface area contributed by atoms with Crippen molar-refractivity contribution in [1.82, 2.24) is 15.2 Å². The fraction of sp³-hybridized carbons (Fsp3) is 0.182. The zero-order valence-electron chi connectivity index (χ0n) is 15.7. The Balaban J connectivity index is 1.54. The molecule has 1 fully saturated rings. The summed E-state index contributed by atoms with van der Waals surface area (Å²) in [6.07, 6.45) is 0.524. The molecule has 2 aliphatic heterocycles. The first-order valence-corrected chi connectivity index (χ1v) is 9.86. The second-order valence-corrected chi connectivity index (χ2v) is 7.84. The SMILES string of the molecule is O=C1CCC(N2Cc3cc(-c4nc(O)cc5c(Cl)cccc45)ccc3C2=O)C(=O)N1. The summed E-state index contributed by atoms with van der Waals surface area (Å²) in [4.78, 5) is 42.3. The number of fused-ring (bicyclic) bond motifs is 2. The summed E-state index contributed by atoms with van der Waals surface area (Å²) in [6, 6.07) is 11.6. The van der Waals surface area contributed by atoms with Gasteiger partial charge in [0.2, 0.25) is 17.7 Å². The highest BCUT2D eigenvalue weighted by atomic mass is 35.5. The van der Waals surface area contributed by atoms with E-state index in [0.717, 1.165) is 16.5 Å². The van der Waals surface area contributed by atoms with Gasteiger partial charge in [-0.05, 0) is 30.2 Å². The van der Waals surface area contributed by atoms with Gasteiger partial charge in [0.05, 0.1) is 5.69 Å². The number of aromatic hydroxyl groups is 1. The maximum Gasteiger partial charge on any atom is 0.255 e. The molecular weight excluding hydrogens is 406 g/mol. The molecule has 0 spiro atoms. The number of hydrogen-bond donors (Lipinski definition) is 2. The molecule has 1 aromatic heterocycles. The molecule has 0 bridgehead atoms. The third kappa shape index (κ3) is 2.90. The van der Waals surface area contributed by atoms with E-state index in [4.69, 9.17) is 11.6 Å². The molecule has 2 aliphatic rings. The molecule has 0 radical (unpaired) electrons. The van der Waals surface area contributed by atoms with E-state index in [9.17, 15) is 19.5 Å². The number of aromatic nitrogens is 1. The molecule has 2 N–H and O–H groups in total. The molecule has 3 aromatic rings. The van der Waals surface area contributed by atoms with Crippen molar-refractivity contribution in [2.45, 2.75) is 25.4 Å². The normalized spacial score (nSPS) is 18.6. The van der Waals surface area contributed by atoms with Crippen molar-refractivity contribution in [2.24, 2.45) is 0 Å². The van der Waals surface area contributed by atoms with Crippen LogP contribution in [0.25, 0.3) is 22.0 Å². The minimum atomic E-state index is -0.662. The minimum absolute atomic E-state index is 0.146. The molecule has 1 saturated heterocycles. The number of carbonyl (C=O) groups is 3. The average molecular weight is 422 g/mol. The van der Waals surface area contributed by atoms with Crippen LogP contribution in [-0.2, 0) is 16.1 Å². The second kappa shape index (κ2) is 6.81. The van der Waals surface area contributed by atoms with Crippen LogP contribution in [0.2, 0.25) is 5.02 Å². The molecule has 1 atom stereocenters. The van der Waals surface area contributed by atoms with Crippen LogP contribution in [0.1, 0.15) is 28.8 Å². The van der Waals surface area contributed by atoms with E-state index in [0.29, 0.717) is 28.1 Å². The third-order valence-electron chi connectivity index (χ3n) is 5.60. The molecule has 3 amide bonds. The van der Waals surface area contributed by atoms with Crippen LogP contribution in [0.5, 0.6) is 5.88 Å². The average Bonchev–Trinajstić information content (AvgIpc) is 3.04. The van der Waals surface area contributed by atoms with Crippen LogP contribution in [-0.4, -0.2) is 38.8 Å². The van der Waals surface area contributed by atoms with Crippen LogP contribution in [0, 0.1) is 0 Å². The van der Waals surface area contributed by atoms with E-state index >= 15 is 0 Å². The summed E-state index contributed by atoms with van der Waals surface area (Å²) < 4.78 is 0. The summed E-state index contributed by atoms with van der Waals surface area (Å²) in [7, 11) is 0. The van der Waals surface area contributed by atoms with E-state index in [1.54, 1.807) is 18.2 Å². The number of nitrogens with one attached hydrogen (secondary N) is 1. The highest BCUT2D eigenvalue weighted by molar-refractivity contribution is 6.35. The zero-order chi connectivity index (χ0) is 21.0. The van der Waals surface area contributed by atoms with Gasteiger partial charge < -0.3 is 10.0 Å². The van der Waals surface area contributed by atoms with Gasteiger partial charge in [-0.25, -0.2) is 4.98 Å². The number of piperidine rings is 1. The van der Waals surface area contributed by atoms with E-state index < -0.39 is 11.9 Å². The molecule has 8 heteroatoms. The monoisotopic (exact) mass is 421 g/mol. The Morgan fingerprint density at radius 1 is 1.10 bits per heavy atom. The molecule has 150 valence electrons. The van der Waals surface area contributed by atoms with Crippen molar-refractivity contribution in [3.63, 3.8) is 0 Å². The van der Waals surface area contributed by atoms with Crippen LogP contribution in [0.3, 0.4) is 0 Å². The Morgan fingerprint density at radius 2 is 1.93 bits per heavy atom. The number of carbonyl (C=O) groups excluding carboxylic acids is 3. The number of nitrogens with zero attached hydrogens (tertiary/aromatic N) is 2. The fourth-order valence-electron chi connectivity index (χ4n) is 4.17. The maximum atomic E-state index is 12.9. The van der Waals surface area contributed by atoms with Gasteiger partial charge in [-0.1, -0.05) is 29.8 Å². The maximum absolute atomic E-state index is 12.9. The van der Waals surface area contributed by atoms with Crippen molar-refractivity contribution in [2.75, 3.05) is 0 Å². The number of pyridine rings is 1. The zero-order valence-corrected chi connectivity index (χ0v) is 16.4. The Bertz CT molecular complexity index is 1260. The number of rotatable bonds is 2. The van der Waals surface area contributed by atoms with Crippen LogP contribution in [0.4, 0.5) is 0 Å². The summed E-state index contributed by atoms with van der Waals surface area (Å²) in [5.41, 5.74) is 2.57. The molecule has 0 saturated carbocycles. The predicted octanol–water partition coefficient (Wildman–Crippen LogP) is 3.02. The topological polar surface area (TPSA) is 99.6 Å². The van der Waals surface area contributed by atoms with E-state index in [1.165, 1.54) is 11.0 Å². The molecule has 30 heavy (non-hydrogen) atoms. The Morgan fingerprint density at radius 3 is 2.73 bits per heavy atom. The molecule has 0 aliphatic carbocycles. The number of benzene rings is 2. The number of hydrogen-bond acceptors (Lipinski definition) is 5. The van der Waals surface area contributed by atoms with Crippen LogP contribution in [0.15, 0.2) is 42.5 Å². The molecule has 1 unspecified atom stereocenters. The van der Waals surface area contributed by atoms with Crippen molar-refractivity contribution >= 4 is 40.1 Å². The summed E-state index contributed by atoms with van der Waals surface area (Å²) in [5.74, 6) is -1.14. The first-order valence-electron chi connectivity index (χ1n) is 9.48. The molecule has 5 rings (SSSR count). The highest BCUT2D eigenvalue weighted by Gasteiger charge is 2.39. The Labute approximate surface area is 176 Å². The lowest BCUT2D eigenvalue weighted by Crippen LogP contribution is -2.52. The van der Waals surface area contributed by atoms with Crippen molar-refractivity contribution in [3.05, 3.63) is 58.6 Å². The minimum Gasteiger partial charge on any atom is -0.493 e. The van der Waals surface area contributed by atoms with Gasteiger partial charge in [0, 0.05) is 46.0 Å². The lowest BCUT2D eigenvalue weighted by Gasteiger charge is -2.29. The fourth-order valence-corrected chi connectivity index (χ4v) is 4.40. The molecule has 7 nitrogen and oxygen atoms in total. The summed E-state index contributed by atoms with van der Waals surface area (Å²) >= 11 is 6.28. The number of halogens is 1.